The lowest BCUT2D eigenvalue weighted by Gasteiger charge is -2.09. The van der Waals surface area contributed by atoms with Gasteiger partial charge in [-0.25, -0.2) is 14.4 Å². The van der Waals surface area contributed by atoms with Crippen LogP contribution in [0.4, 0.5) is 17.6 Å². The van der Waals surface area contributed by atoms with Crippen LogP contribution in [0.2, 0.25) is 0 Å². The summed E-state index contributed by atoms with van der Waals surface area (Å²) in [6, 6.07) is 7.80. The van der Waals surface area contributed by atoms with Crippen molar-refractivity contribution in [2.45, 2.75) is 6.18 Å². The third-order valence-corrected chi connectivity index (χ3v) is 2.11. The van der Waals surface area contributed by atoms with E-state index in [4.69, 9.17) is 0 Å². The molecule has 2 rings (SSSR count). The van der Waals surface area contributed by atoms with Crippen LogP contribution in [0.25, 0.3) is 11.3 Å². The molecule has 17 heavy (non-hydrogen) atoms. The van der Waals surface area contributed by atoms with Gasteiger partial charge in [0.25, 0.3) is 0 Å². The van der Waals surface area contributed by atoms with Crippen LogP contribution < -0.4 is 0 Å². The highest BCUT2D eigenvalue weighted by molar-refractivity contribution is 5.59. The standard InChI is InChI=1S/C11H6F4N2/c12-8-9(7-4-2-1-3-5-7)16-6-17-10(8)11(13,14)15/h1-6H. The minimum atomic E-state index is -4.82. The van der Waals surface area contributed by atoms with Gasteiger partial charge in [0.1, 0.15) is 12.0 Å². The molecular formula is C11H6F4N2. The number of aromatic nitrogens is 2. The molecule has 6 heteroatoms. The van der Waals surface area contributed by atoms with Crippen molar-refractivity contribution in [2.24, 2.45) is 0 Å². The van der Waals surface area contributed by atoms with Crippen LogP contribution in [-0.4, -0.2) is 9.97 Å². The highest BCUT2D eigenvalue weighted by atomic mass is 19.4. The SMILES string of the molecule is Fc1c(-c2ccccc2)ncnc1C(F)(F)F. The van der Waals surface area contributed by atoms with Gasteiger partial charge in [-0.15, -0.1) is 0 Å². The van der Waals surface area contributed by atoms with Crippen molar-refractivity contribution in [1.29, 1.82) is 0 Å². The zero-order chi connectivity index (χ0) is 12.5. The predicted molar refractivity (Wildman–Crippen MR) is 52.4 cm³/mol. The summed E-state index contributed by atoms with van der Waals surface area (Å²) in [5.41, 5.74) is -1.63. The second-order valence-corrected chi connectivity index (χ2v) is 3.25. The summed E-state index contributed by atoms with van der Waals surface area (Å²) in [7, 11) is 0. The van der Waals surface area contributed by atoms with Gasteiger partial charge in [-0.1, -0.05) is 30.3 Å². The van der Waals surface area contributed by atoms with Crippen molar-refractivity contribution in [3.63, 3.8) is 0 Å². The van der Waals surface area contributed by atoms with E-state index in [9.17, 15) is 17.6 Å². The molecule has 0 aliphatic rings. The molecule has 0 aliphatic carbocycles. The van der Waals surface area contributed by atoms with Crippen molar-refractivity contribution < 1.29 is 17.6 Å². The van der Waals surface area contributed by atoms with E-state index < -0.39 is 17.7 Å². The smallest absolute Gasteiger partial charge is 0.233 e. The molecule has 2 nitrogen and oxygen atoms in total. The molecule has 0 spiro atoms. The molecular weight excluding hydrogens is 236 g/mol. The van der Waals surface area contributed by atoms with E-state index in [0.29, 0.717) is 6.33 Å². The molecule has 0 saturated carbocycles. The molecule has 1 aromatic carbocycles. The van der Waals surface area contributed by atoms with Gasteiger partial charge in [-0.3, -0.25) is 0 Å². The summed E-state index contributed by atoms with van der Waals surface area (Å²) in [5, 5.41) is 0. The maximum Gasteiger partial charge on any atom is 0.436 e. The second kappa shape index (κ2) is 4.12. The van der Waals surface area contributed by atoms with Gasteiger partial charge < -0.3 is 0 Å². The number of hydrogen-bond donors (Lipinski definition) is 0. The van der Waals surface area contributed by atoms with E-state index in [0.717, 1.165) is 0 Å². The lowest BCUT2D eigenvalue weighted by Crippen LogP contribution is -2.12. The summed E-state index contributed by atoms with van der Waals surface area (Å²) in [5.74, 6) is -1.45. The van der Waals surface area contributed by atoms with E-state index in [1.54, 1.807) is 18.2 Å². The van der Waals surface area contributed by atoms with Gasteiger partial charge in [0.05, 0.1) is 0 Å². The Kier molecular flexibility index (Phi) is 2.79. The van der Waals surface area contributed by atoms with Crippen molar-refractivity contribution in [2.75, 3.05) is 0 Å². The van der Waals surface area contributed by atoms with Crippen LogP contribution in [0.5, 0.6) is 0 Å². The number of benzene rings is 1. The molecule has 88 valence electrons. The van der Waals surface area contributed by atoms with Crippen molar-refractivity contribution in [3.05, 3.63) is 48.2 Å². The maximum absolute atomic E-state index is 13.6. The van der Waals surface area contributed by atoms with E-state index in [2.05, 4.69) is 9.97 Å². The van der Waals surface area contributed by atoms with E-state index in [1.165, 1.54) is 12.1 Å². The number of halogens is 4. The number of rotatable bonds is 1. The molecule has 0 radical (unpaired) electrons. The number of alkyl halides is 3. The zero-order valence-electron chi connectivity index (χ0n) is 8.37. The van der Waals surface area contributed by atoms with Gasteiger partial charge in [-0.05, 0) is 0 Å². The summed E-state index contributed by atoms with van der Waals surface area (Å²) in [6.07, 6.45) is -4.12. The molecule has 1 heterocycles. The first-order valence-corrected chi connectivity index (χ1v) is 4.63. The minimum Gasteiger partial charge on any atom is -0.233 e. The third-order valence-electron chi connectivity index (χ3n) is 2.11. The van der Waals surface area contributed by atoms with Gasteiger partial charge in [0.15, 0.2) is 11.5 Å². The normalized spacial score (nSPS) is 11.5. The average Bonchev–Trinajstić information content (AvgIpc) is 2.29. The molecule has 0 bridgehead atoms. The Morgan fingerprint density at radius 1 is 0.941 bits per heavy atom. The van der Waals surface area contributed by atoms with Crippen LogP contribution in [0.3, 0.4) is 0 Å². The molecule has 0 atom stereocenters. The fraction of sp³-hybridized carbons (Fsp3) is 0.0909. The van der Waals surface area contributed by atoms with Crippen molar-refractivity contribution in [3.8, 4) is 11.3 Å². The lowest BCUT2D eigenvalue weighted by molar-refractivity contribution is -0.143. The first kappa shape index (κ1) is 11.5. The fourth-order valence-electron chi connectivity index (χ4n) is 1.36. The largest absolute Gasteiger partial charge is 0.436 e. The first-order chi connectivity index (χ1) is 8.00. The third kappa shape index (κ3) is 2.25. The van der Waals surface area contributed by atoms with Crippen molar-refractivity contribution >= 4 is 0 Å². The van der Waals surface area contributed by atoms with Crippen LogP contribution in [0, 0.1) is 5.82 Å². The predicted octanol–water partition coefficient (Wildman–Crippen LogP) is 3.30. The molecule has 0 amide bonds. The Morgan fingerprint density at radius 2 is 1.59 bits per heavy atom. The summed E-state index contributed by atoms with van der Waals surface area (Å²) < 4.78 is 50.9. The maximum atomic E-state index is 13.6. The molecule has 0 saturated heterocycles. The van der Waals surface area contributed by atoms with Crippen molar-refractivity contribution in [1.82, 2.24) is 9.97 Å². The lowest BCUT2D eigenvalue weighted by atomic mass is 10.1. The van der Waals surface area contributed by atoms with Gasteiger partial charge in [0.2, 0.25) is 0 Å². The second-order valence-electron chi connectivity index (χ2n) is 3.25. The van der Waals surface area contributed by atoms with E-state index in [1.807, 2.05) is 0 Å². The fourth-order valence-corrected chi connectivity index (χ4v) is 1.36. The molecule has 0 unspecified atom stereocenters. The molecule has 0 fully saturated rings. The van der Waals surface area contributed by atoms with E-state index in [-0.39, 0.29) is 11.3 Å². The number of hydrogen-bond acceptors (Lipinski definition) is 2. The molecule has 1 aromatic heterocycles. The topological polar surface area (TPSA) is 25.8 Å². The first-order valence-electron chi connectivity index (χ1n) is 4.63. The quantitative estimate of drug-likeness (QED) is 0.717. The minimum absolute atomic E-state index is 0.276. The Bertz CT molecular complexity index is 523. The summed E-state index contributed by atoms with van der Waals surface area (Å²) in [6.45, 7) is 0. The summed E-state index contributed by atoms with van der Waals surface area (Å²) >= 11 is 0. The molecule has 0 aliphatic heterocycles. The Morgan fingerprint density at radius 3 is 2.18 bits per heavy atom. The average molecular weight is 242 g/mol. The van der Waals surface area contributed by atoms with Gasteiger partial charge in [0, 0.05) is 5.56 Å². The van der Waals surface area contributed by atoms with E-state index >= 15 is 0 Å². The zero-order valence-corrected chi connectivity index (χ0v) is 8.37. The number of nitrogens with zero attached hydrogens (tertiary/aromatic N) is 2. The van der Waals surface area contributed by atoms with Gasteiger partial charge >= 0.3 is 6.18 Å². The van der Waals surface area contributed by atoms with Gasteiger partial charge in [-0.2, -0.15) is 13.2 Å². The Balaban J connectivity index is 2.58. The van der Waals surface area contributed by atoms with Crippen LogP contribution in [0.15, 0.2) is 36.7 Å². The highest BCUT2D eigenvalue weighted by Crippen LogP contribution is 2.32. The van der Waals surface area contributed by atoms with Crippen LogP contribution >= 0.6 is 0 Å². The van der Waals surface area contributed by atoms with Crippen LogP contribution in [-0.2, 0) is 6.18 Å². The Labute approximate surface area is 94.0 Å². The highest BCUT2D eigenvalue weighted by Gasteiger charge is 2.37. The Hall–Kier alpha value is -1.98. The van der Waals surface area contributed by atoms with Crippen LogP contribution in [0.1, 0.15) is 5.69 Å². The monoisotopic (exact) mass is 242 g/mol. The summed E-state index contributed by atoms with van der Waals surface area (Å²) in [4.78, 5) is 6.46. The molecule has 0 N–H and O–H groups in total. The molecule has 2 aromatic rings.